The lowest BCUT2D eigenvalue weighted by molar-refractivity contribution is 0.794. The molecule has 0 unspecified atom stereocenters. The topological polar surface area (TPSA) is 35.6 Å². The molecule has 0 saturated heterocycles. The Hall–Kier alpha value is -9.64. The second-order valence-electron chi connectivity index (χ2n) is 20.5. The molecule has 16 rings (SSSR count). The van der Waals surface area contributed by atoms with Gasteiger partial charge < -0.3 is 9.13 Å². The van der Waals surface area contributed by atoms with Crippen molar-refractivity contribution < 1.29 is 0 Å². The van der Waals surface area contributed by atoms with Crippen LogP contribution in [0.2, 0.25) is 0 Å². The van der Waals surface area contributed by atoms with Gasteiger partial charge in [-0.2, -0.15) is 0 Å². The van der Waals surface area contributed by atoms with E-state index in [4.69, 9.17) is 9.97 Å². The molecule has 14 aromatic rings. The maximum atomic E-state index is 5.15. The Balaban J connectivity index is 1.01. The van der Waals surface area contributed by atoms with E-state index in [9.17, 15) is 0 Å². The fourth-order valence-electron chi connectivity index (χ4n) is 13.5. The first-order valence-electron chi connectivity index (χ1n) is 25.9. The van der Waals surface area contributed by atoms with Crippen molar-refractivity contribution >= 4 is 54.4 Å². The van der Waals surface area contributed by atoms with Crippen molar-refractivity contribution in [2.75, 3.05) is 0 Å². The Morgan fingerprint density at radius 1 is 0.293 bits per heavy atom. The molecular weight excluding hydrogens is 909 g/mol. The number of imidazole rings is 2. The van der Waals surface area contributed by atoms with Gasteiger partial charge in [0.15, 0.2) is 0 Å². The number of fused-ring (bicyclic) bond motifs is 16. The lowest BCUT2D eigenvalue weighted by atomic mass is 9.70. The van der Waals surface area contributed by atoms with E-state index in [-0.39, 0.29) is 0 Å². The molecule has 1 spiro atoms. The summed E-state index contributed by atoms with van der Waals surface area (Å²) in [7, 11) is 4.27. The number of aryl methyl sites for hydroxylation is 2. The van der Waals surface area contributed by atoms with Crippen molar-refractivity contribution in [1.82, 2.24) is 19.1 Å². The summed E-state index contributed by atoms with van der Waals surface area (Å²) in [5, 5.41) is 7.33. The van der Waals surface area contributed by atoms with Gasteiger partial charge in [0.05, 0.1) is 27.5 Å². The Kier molecular flexibility index (Phi) is 8.77. The van der Waals surface area contributed by atoms with Crippen LogP contribution in [0.5, 0.6) is 0 Å². The number of hydrogen-bond acceptors (Lipinski definition) is 2. The van der Waals surface area contributed by atoms with Crippen LogP contribution in [-0.2, 0) is 19.5 Å². The lowest BCUT2D eigenvalue weighted by Gasteiger charge is -2.30. The first-order chi connectivity index (χ1) is 37.0. The molecule has 0 fully saturated rings. The molecule has 0 N–H and O–H groups in total. The van der Waals surface area contributed by atoms with E-state index < -0.39 is 5.41 Å². The number of hydrogen-bond donors (Lipinski definition) is 0. The fraction of sp³-hybridized carbons (Fsp3) is 0.0423. The molecule has 75 heavy (non-hydrogen) atoms. The Labute approximate surface area is 434 Å². The zero-order valence-corrected chi connectivity index (χ0v) is 41.4. The van der Waals surface area contributed by atoms with Gasteiger partial charge in [0.25, 0.3) is 0 Å². The van der Waals surface area contributed by atoms with Crippen LogP contribution < -0.4 is 0 Å². The second kappa shape index (κ2) is 15.7. The van der Waals surface area contributed by atoms with Crippen LogP contribution in [0, 0.1) is 0 Å². The van der Waals surface area contributed by atoms with Gasteiger partial charge in [0.1, 0.15) is 11.6 Å². The Morgan fingerprint density at radius 2 is 0.747 bits per heavy atom. The minimum atomic E-state index is -0.511. The summed E-state index contributed by atoms with van der Waals surface area (Å²) in [4.78, 5) is 10.3. The highest BCUT2D eigenvalue weighted by atomic mass is 15.1. The standard InChI is InChI=1S/C71H46N4/c1-74-64-40-46(35-38-62(64)72-69(74)44-19-5-3-6-20-44)48-26-15-28-53-56(48)42-57-49(47-36-39-63-65(41-47)75(2)70(73-63)45-21-7-4-8-22-45)27-16-29-54(57)66(53)55-30-17-33-60-68(55)67-50-23-10-9-18-43(50)34-37-61(67)71(60)58-31-13-11-24-51(58)52-25-12-14-32-59(52)71/h3-42H,1-2H3. The maximum Gasteiger partial charge on any atom is 0.140 e. The molecule has 0 aliphatic heterocycles. The summed E-state index contributed by atoms with van der Waals surface area (Å²) in [5.74, 6) is 1.91. The van der Waals surface area contributed by atoms with Gasteiger partial charge in [-0.1, -0.05) is 212 Å². The van der Waals surface area contributed by atoms with Crippen LogP contribution in [0.25, 0.3) is 133 Å². The first-order valence-corrected chi connectivity index (χ1v) is 25.9. The predicted octanol–water partition coefficient (Wildman–Crippen LogP) is 17.6. The molecule has 4 heteroatoms. The first kappa shape index (κ1) is 41.9. The largest absolute Gasteiger partial charge is 0.327 e. The molecule has 2 aliphatic rings. The molecule has 0 bridgehead atoms. The predicted molar refractivity (Wildman–Crippen MR) is 311 cm³/mol. The zero-order chi connectivity index (χ0) is 49.5. The van der Waals surface area contributed by atoms with Gasteiger partial charge >= 0.3 is 0 Å². The summed E-state index contributed by atoms with van der Waals surface area (Å²) in [6.45, 7) is 0. The monoisotopic (exact) mass is 954 g/mol. The molecular formula is C71H46N4. The molecule has 12 aromatic carbocycles. The molecule has 2 aliphatic carbocycles. The molecule has 350 valence electrons. The molecule has 0 radical (unpaired) electrons. The third kappa shape index (κ3) is 5.77. The smallest absolute Gasteiger partial charge is 0.140 e. The normalized spacial score (nSPS) is 13.0. The van der Waals surface area contributed by atoms with Crippen LogP contribution in [0.15, 0.2) is 243 Å². The highest BCUT2D eigenvalue weighted by molar-refractivity contribution is 6.22. The van der Waals surface area contributed by atoms with E-state index in [2.05, 4.69) is 266 Å². The highest BCUT2D eigenvalue weighted by Gasteiger charge is 2.52. The van der Waals surface area contributed by atoms with Crippen LogP contribution in [0.3, 0.4) is 0 Å². The number of nitrogens with zero attached hydrogens (tertiary/aromatic N) is 4. The van der Waals surface area contributed by atoms with E-state index >= 15 is 0 Å². The summed E-state index contributed by atoms with van der Waals surface area (Å²) in [6, 6.07) is 90.1. The molecule has 2 heterocycles. The number of rotatable bonds is 5. The Bertz CT molecular complexity index is 4500. The highest BCUT2D eigenvalue weighted by Crippen LogP contribution is 2.65. The molecule has 2 aromatic heterocycles. The van der Waals surface area contributed by atoms with Crippen molar-refractivity contribution in [3.8, 4) is 78.4 Å². The molecule has 0 atom stereocenters. The van der Waals surface area contributed by atoms with Gasteiger partial charge in [-0.15, -0.1) is 0 Å². The van der Waals surface area contributed by atoms with Crippen molar-refractivity contribution in [3.05, 3.63) is 265 Å². The van der Waals surface area contributed by atoms with E-state index in [1.807, 2.05) is 0 Å². The minimum absolute atomic E-state index is 0.511. The maximum absolute atomic E-state index is 5.15. The fourth-order valence-corrected chi connectivity index (χ4v) is 13.5. The quantitative estimate of drug-likeness (QED) is 0.161. The average Bonchev–Trinajstić information content (AvgIpc) is 4.18. The van der Waals surface area contributed by atoms with E-state index in [0.29, 0.717) is 0 Å². The van der Waals surface area contributed by atoms with Crippen molar-refractivity contribution in [2.24, 2.45) is 14.1 Å². The van der Waals surface area contributed by atoms with E-state index in [1.54, 1.807) is 0 Å². The van der Waals surface area contributed by atoms with Crippen molar-refractivity contribution in [3.63, 3.8) is 0 Å². The molecule has 0 saturated carbocycles. The van der Waals surface area contributed by atoms with Gasteiger partial charge in [-0.3, -0.25) is 0 Å². The summed E-state index contributed by atoms with van der Waals surface area (Å²) >= 11 is 0. The third-order valence-electron chi connectivity index (χ3n) is 16.8. The molecule has 0 amide bonds. The van der Waals surface area contributed by atoms with Crippen molar-refractivity contribution in [2.45, 2.75) is 5.41 Å². The van der Waals surface area contributed by atoms with E-state index in [1.165, 1.54) is 99.1 Å². The van der Waals surface area contributed by atoms with Gasteiger partial charge in [0.2, 0.25) is 0 Å². The molecule has 4 nitrogen and oxygen atoms in total. The van der Waals surface area contributed by atoms with Gasteiger partial charge in [0, 0.05) is 25.2 Å². The number of benzene rings is 12. The Morgan fingerprint density at radius 3 is 1.33 bits per heavy atom. The number of aromatic nitrogens is 4. The van der Waals surface area contributed by atoms with Crippen molar-refractivity contribution in [1.29, 1.82) is 0 Å². The summed E-state index contributed by atoms with van der Waals surface area (Å²) < 4.78 is 4.47. The minimum Gasteiger partial charge on any atom is -0.327 e. The average molecular weight is 955 g/mol. The summed E-state index contributed by atoms with van der Waals surface area (Å²) in [6.07, 6.45) is 0. The third-order valence-corrected chi connectivity index (χ3v) is 16.8. The zero-order valence-electron chi connectivity index (χ0n) is 41.4. The van der Waals surface area contributed by atoms with E-state index in [0.717, 1.165) is 56.0 Å². The van der Waals surface area contributed by atoms with Crippen LogP contribution in [0.4, 0.5) is 0 Å². The SMILES string of the molecule is Cn1c(-c2ccccc2)nc2ccc(-c3cccc4c(-c5cccc6c5-c5c(ccc7ccccc57)C65c6ccccc6-c6ccccc65)c5cccc(-c6ccc7nc(-c8ccccc8)n(C)c7c6)c5cc34)cc21. The van der Waals surface area contributed by atoms with Gasteiger partial charge in [-0.25, -0.2) is 9.97 Å². The van der Waals surface area contributed by atoms with Crippen LogP contribution in [-0.4, -0.2) is 19.1 Å². The van der Waals surface area contributed by atoms with Crippen LogP contribution in [0.1, 0.15) is 22.3 Å². The van der Waals surface area contributed by atoms with Gasteiger partial charge in [-0.05, 0) is 141 Å². The lowest BCUT2D eigenvalue weighted by Crippen LogP contribution is -2.25. The summed E-state index contributed by atoms with van der Waals surface area (Å²) in [5.41, 5.74) is 23.5. The van der Waals surface area contributed by atoms with Crippen LogP contribution >= 0.6 is 0 Å². The second-order valence-corrected chi connectivity index (χ2v) is 20.5.